The average Bonchev–Trinajstić information content (AvgIpc) is 2.29. The molecular formula is C9H12N2O4S. The Kier molecular flexibility index (Phi) is 5.08. The lowest BCUT2D eigenvalue weighted by atomic mass is 10.3. The largest absolute Gasteiger partial charge is 0.479 e. The Morgan fingerprint density at radius 3 is 3.00 bits per heavy atom. The number of carbonyl (C=O) groups excluding carboxylic acids is 1. The van der Waals surface area contributed by atoms with Crippen LogP contribution in [0.3, 0.4) is 0 Å². The van der Waals surface area contributed by atoms with Crippen LogP contribution in [0.15, 0.2) is 0 Å². The number of carboxylic acid groups (broad SMARTS) is 1. The number of thioether (sulfide) groups is 1. The SMILES string of the molecule is N#CCSCC(=O)N1CCOC(C(=O)O)C1. The summed E-state index contributed by atoms with van der Waals surface area (Å²) in [6, 6.07) is 1.93. The molecule has 1 amide bonds. The van der Waals surface area contributed by atoms with Crippen LogP contribution in [0.2, 0.25) is 0 Å². The molecular weight excluding hydrogens is 232 g/mol. The van der Waals surface area contributed by atoms with E-state index in [1.165, 1.54) is 16.7 Å². The third kappa shape index (κ3) is 3.72. The Morgan fingerprint density at radius 1 is 1.62 bits per heavy atom. The van der Waals surface area contributed by atoms with Crippen LogP contribution in [0, 0.1) is 11.3 Å². The lowest BCUT2D eigenvalue weighted by Crippen LogP contribution is -2.49. The molecule has 0 saturated carbocycles. The molecule has 0 aromatic carbocycles. The topological polar surface area (TPSA) is 90.6 Å². The Bertz CT molecular complexity index is 315. The number of aliphatic carboxylic acids is 1. The van der Waals surface area contributed by atoms with Crippen molar-refractivity contribution < 1.29 is 19.4 Å². The van der Waals surface area contributed by atoms with E-state index in [2.05, 4.69) is 0 Å². The second kappa shape index (κ2) is 6.35. The molecule has 7 heteroatoms. The predicted octanol–water partition coefficient (Wildman–Crippen LogP) is -0.445. The van der Waals surface area contributed by atoms with Crippen LogP contribution in [0.5, 0.6) is 0 Å². The zero-order valence-corrected chi connectivity index (χ0v) is 9.40. The minimum Gasteiger partial charge on any atom is -0.479 e. The van der Waals surface area contributed by atoms with Gasteiger partial charge in [0.2, 0.25) is 5.91 Å². The number of nitriles is 1. The van der Waals surface area contributed by atoms with E-state index in [1.54, 1.807) is 0 Å². The first-order chi connectivity index (χ1) is 7.65. The minimum atomic E-state index is -1.05. The van der Waals surface area contributed by atoms with E-state index in [0.29, 0.717) is 6.54 Å². The molecule has 1 N–H and O–H groups in total. The first-order valence-corrected chi connectivity index (χ1v) is 5.87. The number of ether oxygens (including phenoxy) is 1. The summed E-state index contributed by atoms with van der Waals surface area (Å²) < 4.78 is 4.99. The highest BCUT2D eigenvalue weighted by Crippen LogP contribution is 2.08. The van der Waals surface area contributed by atoms with Crippen molar-refractivity contribution in [3.63, 3.8) is 0 Å². The van der Waals surface area contributed by atoms with Crippen LogP contribution >= 0.6 is 11.8 Å². The van der Waals surface area contributed by atoms with Gasteiger partial charge >= 0.3 is 5.97 Å². The summed E-state index contributed by atoms with van der Waals surface area (Å²) in [7, 11) is 0. The van der Waals surface area contributed by atoms with Gasteiger partial charge in [-0.3, -0.25) is 4.79 Å². The summed E-state index contributed by atoms with van der Waals surface area (Å²) in [6.45, 7) is 0.739. The number of morpholine rings is 1. The van der Waals surface area contributed by atoms with Crippen LogP contribution in [-0.2, 0) is 14.3 Å². The Labute approximate surface area is 97.2 Å². The van der Waals surface area contributed by atoms with Gasteiger partial charge in [-0.2, -0.15) is 5.26 Å². The number of hydrogen-bond donors (Lipinski definition) is 1. The monoisotopic (exact) mass is 244 g/mol. The molecule has 0 bridgehead atoms. The zero-order valence-electron chi connectivity index (χ0n) is 8.59. The maximum Gasteiger partial charge on any atom is 0.334 e. The van der Waals surface area contributed by atoms with Crippen LogP contribution in [0.1, 0.15) is 0 Å². The fourth-order valence-corrected chi connectivity index (χ4v) is 1.85. The van der Waals surface area contributed by atoms with E-state index in [1.807, 2.05) is 6.07 Å². The predicted molar refractivity (Wildman–Crippen MR) is 56.9 cm³/mol. The second-order valence-electron chi connectivity index (χ2n) is 3.19. The van der Waals surface area contributed by atoms with E-state index in [4.69, 9.17) is 15.1 Å². The highest BCUT2D eigenvalue weighted by Gasteiger charge is 2.28. The molecule has 1 unspecified atom stereocenters. The molecule has 0 aromatic rings. The zero-order chi connectivity index (χ0) is 12.0. The van der Waals surface area contributed by atoms with Gasteiger partial charge < -0.3 is 14.7 Å². The third-order valence-electron chi connectivity index (χ3n) is 2.09. The lowest BCUT2D eigenvalue weighted by Gasteiger charge is -2.30. The fraction of sp³-hybridized carbons (Fsp3) is 0.667. The molecule has 1 saturated heterocycles. The molecule has 1 aliphatic rings. The molecule has 1 fully saturated rings. The second-order valence-corrected chi connectivity index (χ2v) is 4.17. The van der Waals surface area contributed by atoms with Crippen molar-refractivity contribution in [2.75, 3.05) is 31.2 Å². The minimum absolute atomic E-state index is 0.0846. The van der Waals surface area contributed by atoms with Gasteiger partial charge in [0.25, 0.3) is 0 Å². The first-order valence-electron chi connectivity index (χ1n) is 4.72. The first kappa shape index (κ1) is 12.8. The molecule has 0 aliphatic carbocycles. The summed E-state index contributed by atoms with van der Waals surface area (Å²) in [5, 5.41) is 17.1. The molecule has 0 aromatic heterocycles. The molecule has 16 heavy (non-hydrogen) atoms. The van der Waals surface area contributed by atoms with E-state index < -0.39 is 12.1 Å². The third-order valence-corrected chi connectivity index (χ3v) is 2.87. The quantitative estimate of drug-likeness (QED) is 0.674. The summed E-state index contributed by atoms with van der Waals surface area (Å²) in [5.41, 5.74) is 0. The number of nitrogens with zero attached hydrogens (tertiary/aromatic N) is 2. The molecule has 6 nitrogen and oxygen atoms in total. The van der Waals surface area contributed by atoms with Crippen molar-refractivity contribution >= 4 is 23.6 Å². The molecule has 0 radical (unpaired) electrons. The normalized spacial score (nSPS) is 20.2. The highest BCUT2D eigenvalue weighted by atomic mass is 32.2. The van der Waals surface area contributed by atoms with Gasteiger partial charge in [-0.15, -0.1) is 11.8 Å². The van der Waals surface area contributed by atoms with Crippen LogP contribution in [0.25, 0.3) is 0 Å². The highest BCUT2D eigenvalue weighted by molar-refractivity contribution is 8.00. The van der Waals surface area contributed by atoms with E-state index >= 15 is 0 Å². The molecule has 1 atom stereocenters. The van der Waals surface area contributed by atoms with Gasteiger partial charge in [0, 0.05) is 6.54 Å². The average molecular weight is 244 g/mol. The Balaban J connectivity index is 2.38. The van der Waals surface area contributed by atoms with Crippen molar-refractivity contribution in [1.82, 2.24) is 4.90 Å². The maximum absolute atomic E-state index is 11.6. The molecule has 1 aliphatic heterocycles. The van der Waals surface area contributed by atoms with Crippen LogP contribution in [0.4, 0.5) is 0 Å². The van der Waals surface area contributed by atoms with Gasteiger partial charge in [-0.1, -0.05) is 0 Å². The van der Waals surface area contributed by atoms with E-state index in [9.17, 15) is 9.59 Å². The van der Waals surface area contributed by atoms with Gasteiger partial charge in [0.15, 0.2) is 6.10 Å². The summed E-state index contributed by atoms with van der Waals surface area (Å²) in [6.07, 6.45) is -0.932. The molecule has 88 valence electrons. The van der Waals surface area contributed by atoms with Crippen LogP contribution < -0.4 is 0 Å². The Hall–Kier alpha value is -1.26. The van der Waals surface area contributed by atoms with Gasteiger partial charge in [0.05, 0.1) is 30.7 Å². The van der Waals surface area contributed by atoms with Crippen molar-refractivity contribution in [1.29, 1.82) is 5.26 Å². The summed E-state index contributed by atoms with van der Waals surface area (Å²) >= 11 is 1.22. The number of carbonyl (C=O) groups is 2. The lowest BCUT2D eigenvalue weighted by molar-refractivity contribution is -0.158. The Morgan fingerprint density at radius 2 is 2.38 bits per heavy atom. The van der Waals surface area contributed by atoms with Crippen LogP contribution in [-0.4, -0.2) is 59.2 Å². The van der Waals surface area contributed by atoms with Crippen molar-refractivity contribution in [3.05, 3.63) is 0 Å². The number of rotatable bonds is 4. The fourth-order valence-electron chi connectivity index (χ4n) is 1.30. The number of amides is 1. The summed E-state index contributed by atoms with van der Waals surface area (Å²) in [5.74, 6) is -0.727. The molecule has 1 heterocycles. The molecule has 1 rings (SSSR count). The molecule has 0 spiro atoms. The van der Waals surface area contributed by atoms with E-state index in [-0.39, 0.29) is 30.6 Å². The van der Waals surface area contributed by atoms with Gasteiger partial charge in [0.1, 0.15) is 0 Å². The maximum atomic E-state index is 11.6. The number of carboxylic acids is 1. The van der Waals surface area contributed by atoms with E-state index in [0.717, 1.165) is 0 Å². The number of hydrogen-bond acceptors (Lipinski definition) is 5. The summed E-state index contributed by atoms with van der Waals surface area (Å²) in [4.78, 5) is 23.7. The van der Waals surface area contributed by atoms with Gasteiger partial charge in [-0.05, 0) is 0 Å². The standard InChI is InChI=1S/C9H12N2O4S/c10-1-4-16-6-8(12)11-2-3-15-7(5-11)9(13)14/h7H,2-6H2,(H,13,14). The van der Waals surface area contributed by atoms with Gasteiger partial charge in [-0.25, -0.2) is 4.79 Å². The van der Waals surface area contributed by atoms with Crippen molar-refractivity contribution in [3.8, 4) is 6.07 Å². The van der Waals surface area contributed by atoms with Crippen molar-refractivity contribution in [2.45, 2.75) is 6.10 Å². The van der Waals surface area contributed by atoms with Crippen molar-refractivity contribution in [2.24, 2.45) is 0 Å². The smallest absolute Gasteiger partial charge is 0.334 e.